The Hall–Kier alpha value is -2.43. The molecular weight excluding hydrogens is 527 g/mol. The Kier molecular flexibility index (Phi) is 8.05. The number of halogens is 1. The van der Waals surface area contributed by atoms with Gasteiger partial charge in [0.15, 0.2) is 0 Å². The average Bonchev–Trinajstić information content (AvgIpc) is 2.76. The van der Waals surface area contributed by atoms with Gasteiger partial charge in [0, 0.05) is 15.8 Å². The molecule has 0 bridgehead atoms. The Morgan fingerprint density at radius 1 is 0.968 bits per heavy atom. The number of hydrogen-bond acceptors (Lipinski definition) is 4. The van der Waals surface area contributed by atoms with Crippen molar-refractivity contribution in [2.75, 3.05) is 18.5 Å². The Morgan fingerprint density at radius 2 is 1.61 bits per heavy atom. The highest BCUT2D eigenvalue weighted by atomic mass is 127. The number of hydrogen-bond donors (Lipinski definition) is 1. The molecule has 0 unspecified atom stereocenters. The minimum atomic E-state index is -3.91. The first kappa shape index (κ1) is 23.2. The summed E-state index contributed by atoms with van der Waals surface area (Å²) < 4.78 is 34.3. The van der Waals surface area contributed by atoms with Crippen LogP contribution < -0.4 is 10.1 Å². The third kappa shape index (κ3) is 6.52. The molecule has 31 heavy (non-hydrogen) atoms. The lowest BCUT2D eigenvalue weighted by Gasteiger charge is -2.22. The number of sulfonamides is 1. The van der Waals surface area contributed by atoms with Gasteiger partial charge in [-0.2, -0.15) is 4.31 Å². The van der Waals surface area contributed by atoms with Gasteiger partial charge in [-0.15, -0.1) is 0 Å². The quantitative estimate of drug-likeness (QED) is 0.398. The fourth-order valence-electron chi connectivity index (χ4n) is 2.93. The summed E-state index contributed by atoms with van der Waals surface area (Å²) in [7, 11) is -3.91. The molecule has 8 heteroatoms. The van der Waals surface area contributed by atoms with Gasteiger partial charge in [-0.1, -0.05) is 30.3 Å². The van der Waals surface area contributed by atoms with Crippen LogP contribution >= 0.6 is 22.6 Å². The number of amides is 1. The van der Waals surface area contributed by atoms with Gasteiger partial charge in [-0.3, -0.25) is 4.79 Å². The molecule has 1 amide bonds. The molecule has 162 valence electrons. The van der Waals surface area contributed by atoms with Gasteiger partial charge in [-0.25, -0.2) is 8.42 Å². The number of nitrogens with one attached hydrogen (secondary N) is 1. The molecule has 0 aromatic heterocycles. The summed E-state index contributed by atoms with van der Waals surface area (Å²) in [5, 5.41) is 2.77. The third-order valence-electron chi connectivity index (χ3n) is 4.42. The molecular formula is C23H23IN2O4S. The fraction of sp³-hybridized carbons (Fsp3) is 0.174. The Labute approximate surface area is 196 Å². The van der Waals surface area contributed by atoms with E-state index in [1.807, 2.05) is 49.4 Å². The Bertz CT molecular complexity index is 1100. The van der Waals surface area contributed by atoms with E-state index in [-0.39, 0.29) is 18.0 Å². The zero-order valence-corrected chi connectivity index (χ0v) is 20.0. The molecule has 0 heterocycles. The first-order valence-electron chi connectivity index (χ1n) is 9.71. The summed E-state index contributed by atoms with van der Waals surface area (Å²) >= 11 is 2.18. The number of ether oxygens (including phenoxy) is 1. The zero-order chi connectivity index (χ0) is 22.3. The minimum absolute atomic E-state index is 0.0799. The van der Waals surface area contributed by atoms with Gasteiger partial charge in [-0.05, 0) is 83.6 Å². The van der Waals surface area contributed by atoms with Crippen molar-refractivity contribution in [2.45, 2.75) is 18.4 Å². The van der Waals surface area contributed by atoms with Crippen molar-refractivity contribution >= 4 is 44.2 Å². The van der Waals surface area contributed by atoms with E-state index < -0.39 is 15.9 Å². The van der Waals surface area contributed by atoms with Crippen molar-refractivity contribution in [3.63, 3.8) is 0 Å². The molecule has 6 nitrogen and oxygen atoms in total. The first-order chi connectivity index (χ1) is 14.9. The topological polar surface area (TPSA) is 75.7 Å². The molecule has 0 spiro atoms. The maximum atomic E-state index is 13.3. The van der Waals surface area contributed by atoms with Crippen LogP contribution in [0.25, 0.3) is 0 Å². The van der Waals surface area contributed by atoms with E-state index in [0.717, 1.165) is 9.13 Å². The first-order valence-corrected chi connectivity index (χ1v) is 12.2. The van der Waals surface area contributed by atoms with Crippen LogP contribution in [0.5, 0.6) is 5.75 Å². The molecule has 3 aromatic carbocycles. The van der Waals surface area contributed by atoms with Gasteiger partial charge in [0.1, 0.15) is 5.75 Å². The number of carbonyl (C=O) groups excluding carboxylic acids is 1. The smallest absolute Gasteiger partial charge is 0.243 e. The Morgan fingerprint density at radius 3 is 2.23 bits per heavy atom. The minimum Gasteiger partial charge on any atom is -0.494 e. The highest BCUT2D eigenvalue weighted by Gasteiger charge is 2.27. The molecule has 0 fully saturated rings. The standard InChI is InChI=1S/C23H23IN2O4S/c1-2-30-21-12-14-22(15-13-21)31(28,29)26(16-18-6-4-3-5-7-18)17-23(27)25-20-10-8-19(24)9-11-20/h3-15H,2,16-17H2,1H3,(H,25,27). The fourth-order valence-corrected chi connectivity index (χ4v) is 4.67. The van der Waals surface area contributed by atoms with Crippen molar-refractivity contribution in [3.05, 3.63) is 88.0 Å². The van der Waals surface area contributed by atoms with Crippen LogP contribution in [-0.2, 0) is 21.4 Å². The van der Waals surface area contributed by atoms with Crippen LogP contribution in [0.1, 0.15) is 12.5 Å². The zero-order valence-electron chi connectivity index (χ0n) is 17.0. The van der Waals surface area contributed by atoms with Gasteiger partial charge in [0.25, 0.3) is 0 Å². The molecule has 3 aromatic rings. The summed E-state index contributed by atoms with van der Waals surface area (Å²) in [5.74, 6) is 0.180. The van der Waals surface area contributed by atoms with Crippen molar-refractivity contribution in [2.24, 2.45) is 0 Å². The summed E-state index contributed by atoms with van der Waals surface area (Å²) in [6, 6.07) is 22.7. The van der Waals surface area contributed by atoms with E-state index >= 15 is 0 Å². The van der Waals surface area contributed by atoms with Crippen LogP contribution in [0.3, 0.4) is 0 Å². The van der Waals surface area contributed by atoms with E-state index in [1.165, 1.54) is 16.4 Å². The van der Waals surface area contributed by atoms with Gasteiger partial charge in [0.2, 0.25) is 15.9 Å². The third-order valence-corrected chi connectivity index (χ3v) is 6.95. The lowest BCUT2D eigenvalue weighted by atomic mass is 10.2. The maximum absolute atomic E-state index is 13.3. The molecule has 0 saturated carbocycles. The normalized spacial score (nSPS) is 11.3. The molecule has 0 saturated heterocycles. The predicted octanol–water partition coefficient (Wildman–Crippen LogP) is 4.52. The summed E-state index contributed by atoms with van der Waals surface area (Å²) in [5.41, 5.74) is 1.41. The van der Waals surface area contributed by atoms with E-state index in [9.17, 15) is 13.2 Å². The van der Waals surface area contributed by atoms with E-state index in [2.05, 4.69) is 27.9 Å². The van der Waals surface area contributed by atoms with Crippen LogP contribution in [0.4, 0.5) is 5.69 Å². The van der Waals surface area contributed by atoms with Gasteiger partial charge >= 0.3 is 0 Å². The van der Waals surface area contributed by atoms with E-state index in [1.54, 1.807) is 24.3 Å². The van der Waals surface area contributed by atoms with Gasteiger partial charge in [0.05, 0.1) is 18.0 Å². The second kappa shape index (κ2) is 10.7. The highest BCUT2D eigenvalue weighted by Crippen LogP contribution is 2.22. The highest BCUT2D eigenvalue weighted by molar-refractivity contribution is 14.1. The van der Waals surface area contributed by atoms with Crippen LogP contribution in [0.2, 0.25) is 0 Å². The van der Waals surface area contributed by atoms with E-state index in [0.29, 0.717) is 18.0 Å². The largest absolute Gasteiger partial charge is 0.494 e. The second-order valence-corrected chi connectivity index (χ2v) is 9.90. The SMILES string of the molecule is CCOc1ccc(S(=O)(=O)N(CC(=O)Nc2ccc(I)cc2)Cc2ccccc2)cc1. The molecule has 0 radical (unpaired) electrons. The van der Waals surface area contributed by atoms with Crippen molar-refractivity contribution < 1.29 is 17.9 Å². The van der Waals surface area contributed by atoms with Crippen LogP contribution in [-0.4, -0.2) is 31.8 Å². The molecule has 0 atom stereocenters. The van der Waals surface area contributed by atoms with Crippen LogP contribution in [0, 0.1) is 3.57 Å². The number of anilines is 1. The molecule has 0 aliphatic heterocycles. The number of rotatable bonds is 9. The predicted molar refractivity (Wildman–Crippen MR) is 129 cm³/mol. The average molecular weight is 550 g/mol. The molecule has 0 aliphatic rings. The van der Waals surface area contributed by atoms with Crippen LogP contribution in [0.15, 0.2) is 83.8 Å². The maximum Gasteiger partial charge on any atom is 0.243 e. The lowest BCUT2D eigenvalue weighted by Crippen LogP contribution is -2.37. The molecule has 0 aliphatic carbocycles. The van der Waals surface area contributed by atoms with E-state index in [4.69, 9.17) is 4.74 Å². The number of benzene rings is 3. The van der Waals surface area contributed by atoms with Crippen molar-refractivity contribution in [1.82, 2.24) is 4.31 Å². The lowest BCUT2D eigenvalue weighted by molar-refractivity contribution is -0.116. The Balaban J connectivity index is 1.84. The molecule has 3 rings (SSSR count). The summed E-state index contributed by atoms with van der Waals surface area (Å²) in [4.78, 5) is 12.8. The number of carbonyl (C=O) groups is 1. The summed E-state index contributed by atoms with van der Waals surface area (Å²) in [6.45, 7) is 2.12. The monoisotopic (exact) mass is 550 g/mol. The molecule has 1 N–H and O–H groups in total. The van der Waals surface area contributed by atoms with Crippen molar-refractivity contribution in [3.8, 4) is 5.75 Å². The second-order valence-electron chi connectivity index (χ2n) is 6.72. The summed E-state index contributed by atoms with van der Waals surface area (Å²) in [6.07, 6.45) is 0. The van der Waals surface area contributed by atoms with Gasteiger partial charge < -0.3 is 10.1 Å². The van der Waals surface area contributed by atoms with Crippen molar-refractivity contribution in [1.29, 1.82) is 0 Å². The number of nitrogens with zero attached hydrogens (tertiary/aromatic N) is 1.